The second-order valence-corrected chi connectivity index (χ2v) is 7.75. The summed E-state index contributed by atoms with van der Waals surface area (Å²) in [6, 6.07) is 3.31. The van der Waals surface area contributed by atoms with Crippen LogP contribution in [0.3, 0.4) is 0 Å². The number of fused-ring (bicyclic) bond motifs is 1. The molecule has 0 radical (unpaired) electrons. The van der Waals surface area contributed by atoms with Crippen molar-refractivity contribution < 1.29 is 28.4 Å². The number of aliphatic carboxylic acids is 1. The van der Waals surface area contributed by atoms with Gasteiger partial charge in [0.05, 0.1) is 0 Å². The zero-order valence-electron chi connectivity index (χ0n) is 15.0. The molecule has 146 valence electrons. The van der Waals surface area contributed by atoms with E-state index in [1.807, 2.05) is 0 Å². The molecule has 0 aliphatic heterocycles. The topological polar surface area (TPSA) is 134 Å². The Bertz CT molecular complexity index is 951. The molecule has 1 aromatic carbocycles. The fraction of sp³-hybridized carbons (Fsp3) is 0.389. The lowest BCUT2D eigenvalue weighted by Gasteiger charge is -2.14. The lowest BCUT2D eigenvalue weighted by atomic mass is 10.0. The number of aromatic hydroxyl groups is 1. The van der Waals surface area contributed by atoms with E-state index in [0.29, 0.717) is 16.5 Å². The molecule has 2 aromatic rings. The Hall–Kier alpha value is -2.68. The summed E-state index contributed by atoms with van der Waals surface area (Å²) in [5.41, 5.74) is 0.619. The lowest BCUT2D eigenvalue weighted by Crippen LogP contribution is -2.41. The number of hydrogen-bond acceptors (Lipinski definition) is 6. The molecule has 1 amide bonds. The van der Waals surface area contributed by atoms with Crippen molar-refractivity contribution in [3.05, 3.63) is 39.7 Å². The molecule has 27 heavy (non-hydrogen) atoms. The van der Waals surface area contributed by atoms with Crippen LogP contribution in [-0.2, 0) is 26.8 Å². The van der Waals surface area contributed by atoms with Gasteiger partial charge in [0.2, 0.25) is 5.91 Å². The van der Waals surface area contributed by atoms with Gasteiger partial charge in [0, 0.05) is 46.2 Å². The van der Waals surface area contributed by atoms with Crippen LogP contribution in [0.25, 0.3) is 11.0 Å². The van der Waals surface area contributed by atoms with Crippen molar-refractivity contribution in [3.8, 4) is 5.75 Å². The first-order chi connectivity index (χ1) is 12.7. The Labute approximate surface area is 157 Å². The molecule has 9 heteroatoms. The Morgan fingerprint density at radius 1 is 1.33 bits per heavy atom. The Balaban J connectivity index is 2.10. The van der Waals surface area contributed by atoms with E-state index in [1.165, 1.54) is 18.4 Å². The molecule has 8 nitrogen and oxygen atoms in total. The summed E-state index contributed by atoms with van der Waals surface area (Å²) in [5.74, 6) is -1.58. The van der Waals surface area contributed by atoms with Crippen LogP contribution in [0.15, 0.2) is 27.4 Å². The largest absolute Gasteiger partial charge is 0.508 e. The average Bonchev–Trinajstić information content (AvgIpc) is 2.57. The van der Waals surface area contributed by atoms with E-state index in [0.717, 1.165) is 0 Å². The van der Waals surface area contributed by atoms with E-state index in [4.69, 9.17) is 9.52 Å². The SMILES string of the molecule is Cc1c(CCC(=O)N[C@H](CCS(C)=O)C(=O)O)c(=O)oc2cc(O)ccc12. The van der Waals surface area contributed by atoms with Gasteiger partial charge in [0.25, 0.3) is 0 Å². The minimum absolute atomic E-state index is 0.0232. The van der Waals surface area contributed by atoms with Crippen LogP contribution in [0, 0.1) is 6.92 Å². The van der Waals surface area contributed by atoms with Crippen LogP contribution < -0.4 is 10.9 Å². The number of carbonyl (C=O) groups excluding carboxylic acids is 1. The predicted molar refractivity (Wildman–Crippen MR) is 100 cm³/mol. The monoisotopic (exact) mass is 395 g/mol. The van der Waals surface area contributed by atoms with Gasteiger partial charge in [-0.25, -0.2) is 9.59 Å². The van der Waals surface area contributed by atoms with E-state index in [9.17, 15) is 23.7 Å². The molecule has 1 heterocycles. The molecule has 0 bridgehead atoms. The third kappa shape index (κ3) is 5.40. The normalized spacial score (nSPS) is 13.3. The van der Waals surface area contributed by atoms with Crippen molar-refractivity contribution in [1.29, 1.82) is 0 Å². The third-order valence-corrected chi connectivity index (χ3v) is 5.01. The van der Waals surface area contributed by atoms with Crippen LogP contribution in [0.2, 0.25) is 0 Å². The van der Waals surface area contributed by atoms with Gasteiger partial charge in [-0.3, -0.25) is 9.00 Å². The number of phenolic OH excluding ortho intramolecular Hbond substituents is 1. The summed E-state index contributed by atoms with van der Waals surface area (Å²) in [6.07, 6.45) is 1.52. The molecule has 0 saturated heterocycles. The number of hydrogen-bond donors (Lipinski definition) is 3. The van der Waals surface area contributed by atoms with Crippen molar-refractivity contribution in [2.75, 3.05) is 12.0 Å². The fourth-order valence-corrected chi connectivity index (χ4v) is 3.29. The number of aryl methyl sites for hydroxylation is 1. The number of benzene rings is 1. The van der Waals surface area contributed by atoms with Crippen LogP contribution in [0.4, 0.5) is 0 Å². The van der Waals surface area contributed by atoms with E-state index in [2.05, 4.69) is 5.32 Å². The van der Waals surface area contributed by atoms with Crippen molar-refractivity contribution in [2.45, 2.75) is 32.2 Å². The second-order valence-electron chi connectivity index (χ2n) is 6.20. The van der Waals surface area contributed by atoms with Crippen LogP contribution in [0.5, 0.6) is 5.75 Å². The zero-order chi connectivity index (χ0) is 20.1. The molecule has 0 fully saturated rings. The second kappa shape index (κ2) is 8.81. The first-order valence-corrected chi connectivity index (χ1v) is 9.99. The van der Waals surface area contributed by atoms with Crippen LogP contribution in [-0.4, -0.2) is 44.3 Å². The molecule has 1 aromatic heterocycles. The number of rotatable bonds is 8. The van der Waals surface area contributed by atoms with Crippen molar-refractivity contribution in [3.63, 3.8) is 0 Å². The van der Waals surface area contributed by atoms with Gasteiger partial charge in [0.1, 0.15) is 17.4 Å². The smallest absolute Gasteiger partial charge is 0.339 e. The molecule has 3 N–H and O–H groups in total. The maximum atomic E-state index is 12.2. The van der Waals surface area contributed by atoms with Crippen LogP contribution >= 0.6 is 0 Å². The van der Waals surface area contributed by atoms with Crippen molar-refractivity contribution in [2.24, 2.45) is 0 Å². The highest BCUT2D eigenvalue weighted by atomic mass is 32.2. The molecular weight excluding hydrogens is 374 g/mol. The van der Waals surface area contributed by atoms with Crippen molar-refractivity contribution in [1.82, 2.24) is 5.32 Å². The first-order valence-electron chi connectivity index (χ1n) is 8.26. The van der Waals surface area contributed by atoms with Gasteiger partial charge in [-0.15, -0.1) is 0 Å². The number of carboxylic acid groups (broad SMARTS) is 1. The molecule has 1 unspecified atom stereocenters. The van der Waals surface area contributed by atoms with Gasteiger partial charge >= 0.3 is 11.6 Å². The van der Waals surface area contributed by atoms with E-state index < -0.39 is 34.3 Å². The number of carbonyl (C=O) groups is 2. The minimum atomic E-state index is -1.20. The quantitative estimate of drug-likeness (QED) is 0.569. The summed E-state index contributed by atoms with van der Waals surface area (Å²) in [4.78, 5) is 35.5. The number of phenols is 1. The highest BCUT2D eigenvalue weighted by molar-refractivity contribution is 7.84. The molecule has 0 aliphatic rings. The van der Waals surface area contributed by atoms with Crippen LogP contribution in [0.1, 0.15) is 24.0 Å². The molecule has 2 rings (SSSR count). The summed E-state index contributed by atoms with van der Waals surface area (Å²) in [6.45, 7) is 1.72. The van der Waals surface area contributed by atoms with E-state index in [1.54, 1.807) is 13.0 Å². The Morgan fingerprint density at radius 2 is 2.04 bits per heavy atom. The summed E-state index contributed by atoms with van der Waals surface area (Å²) < 4.78 is 16.3. The van der Waals surface area contributed by atoms with E-state index in [-0.39, 0.29) is 36.3 Å². The maximum Gasteiger partial charge on any atom is 0.339 e. The fourth-order valence-electron chi connectivity index (χ4n) is 2.72. The Kier molecular flexibility index (Phi) is 6.73. The molecular formula is C18H21NO7S. The standard InChI is InChI=1S/C18H21NO7S/c1-10-12-4-3-11(20)9-15(12)26-18(24)13(10)5-6-16(21)19-14(17(22)23)7-8-27(2)25/h3-4,9,14,20H,5-8H2,1-2H3,(H,19,21)(H,22,23)/t14-,27?/m1/s1. The van der Waals surface area contributed by atoms with Gasteiger partial charge in [-0.1, -0.05) is 0 Å². The lowest BCUT2D eigenvalue weighted by molar-refractivity contribution is -0.141. The summed E-state index contributed by atoms with van der Waals surface area (Å²) in [7, 11) is -1.16. The number of nitrogens with one attached hydrogen (secondary N) is 1. The van der Waals surface area contributed by atoms with Crippen molar-refractivity contribution >= 4 is 33.6 Å². The molecule has 0 spiro atoms. The summed E-state index contributed by atoms with van der Waals surface area (Å²) in [5, 5.41) is 21.7. The first kappa shape index (κ1) is 20.6. The van der Waals surface area contributed by atoms with Gasteiger partial charge < -0.3 is 19.9 Å². The Morgan fingerprint density at radius 3 is 2.67 bits per heavy atom. The highest BCUT2D eigenvalue weighted by Gasteiger charge is 2.21. The average molecular weight is 395 g/mol. The predicted octanol–water partition coefficient (Wildman–Crippen LogP) is 1.08. The highest BCUT2D eigenvalue weighted by Crippen LogP contribution is 2.23. The number of carboxylic acids is 1. The zero-order valence-corrected chi connectivity index (χ0v) is 15.8. The molecule has 0 aliphatic carbocycles. The van der Waals surface area contributed by atoms with E-state index >= 15 is 0 Å². The third-order valence-electron chi connectivity index (χ3n) is 4.20. The minimum Gasteiger partial charge on any atom is -0.508 e. The maximum absolute atomic E-state index is 12.2. The summed E-state index contributed by atoms with van der Waals surface area (Å²) >= 11 is 0. The van der Waals surface area contributed by atoms with Gasteiger partial charge in [0.15, 0.2) is 0 Å². The molecule has 2 atom stereocenters. The van der Waals surface area contributed by atoms with Gasteiger partial charge in [-0.05, 0) is 37.5 Å². The van der Waals surface area contributed by atoms with Gasteiger partial charge in [-0.2, -0.15) is 0 Å². The molecule has 0 saturated carbocycles. The number of amides is 1.